The summed E-state index contributed by atoms with van der Waals surface area (Å²) in [5.74, 6) is 0.444. The van der Waals surface area contributed by atoms with Crippen molar-refractivity contribution >= 4 is 10.9 Å². The van der Waals surface area contributed by atoms with Gasteiger partial charge in [0, 0.05) is 31.4 Å². The van der Waals surface area contributed by atoms with E-state index in [0.29, 0.717) is 5.92 Å². The maximum Gasteiger partial charge on any atom is 0.0682 e. The number of fused-ring (bicyclic) bond motifs is 2. The van der Waals surface area contributed by atoms with Gasteiger partial charge in [-0.05, 0) is 29.8 Å². The summed E-state index contributed by atoms with van der Waals surface area (Å²) in [4.78, 5) is 2.40. The summed E-state index contributed by atoms with van der Waals surface area (Å²) >= 11 is 0. The molecule has 0 N–H and O–H groups in total. The maximum absolute atomic E-state index is 4.35. The Balaban J connectivity index is 1.86. The van der Waals surface area contributed by atoms with E-state index in [-0.39, 0.29) is 0 Å². The maximum atomic E-state index is 4.35. The smallest absolute Gasteiger partial charge is 0.0682 e. The van der Waals surface area contributed by atoms with Gasteiger partial charge in [0.2, 0.25) is 0 Å². The van der Waals surface area contributed by atoms with E-state index < -0.39 is 0 Å². The molecule has 0 amide bonds. The zero-order valence-electron chi connectivity index (χ0n) is 12.5. The molecule has 0 saturated carbocycles. The summed E-state index contributed by atoms with van der Waals surface area (Å²) in [6.45, 7) is 2.11. The van der Waals surface area contributed by atoms with Crippen LogP contribution in [0.3, 0.4) is 0 Å². The molecule has 1 aromatic heterocycles. The molecular weight excluding hydrogens is 258 g/mol. The number of nitrogens with zero attached hydrogens (tertiary/aromatic N) is 3. The van der Waals surface area contributed by atoms with Crippen molar-refractivity contribution in [3.8, 4) is 0 Å². The number of hydrogen-bond donors (Lipinski definition) is 0. The Morgan fingerprint density at radius 2 is 1.95 bits per heavy atom. The third-order valence-corrected chi connectivity index (χ3v) is 4.54. The second kappa shape index (κ2) is 4.71. The van der Waals surface area contributed by atoms with Gasteiger partial charge in [-0.15, -0.1) is 0 Å². The molecule has 0 radical (unpaired) electrons. The molecule has 3 heteroatoms. The molecule has 1 atom stereocenters. The molecule has 21 heavy (non-hydrogen) atoms. The van der Waals surface area contributed by atoms with Crippen LogP contribution in [0.2, 0.25) is 0 Å². The lowest BCUT2D eigenvalue weighted by atomic mass is 9.84. The van der Waals surface area contributed by atoms with E-state index >= 15 is 0 Å². The van der Waals surface area contributed by atoms with Crippen molar-refractivity contribution in [3.05, 3.63) is 65.4 Å². The monoisotopic (exact) mass is 277 g/mol. The van der Waals surface area contributed by atoms with Crippen LogP contribution in [0.5, 0.6) is 0 Å². The van der Waals surface area contributed by atoms with Gasteiger partial charge in [-0.1, -0.05) is 36.4 Å². The molecule has 106 valence electrons. The molecule has 3 aromatic rings. The van der Waals surface area contributed by atoms with Crippen LogP contribution in [-0.4, -0.2) is 28.3 Å². The third kappa shape index (κ3) is 2.05. The predicted molar refractivity (Wildman–Crippen MR) is 85.3 cm³/mol. The Morgan fingerprint density at radius 1 is 1.10 bits per heavy atom. The van der Waals surface area contributed by atoms with Gasteiger partial charge in [0.1, 0.15) is 0 Å². The number of benzene rings is 2. The number of likely N-dealkylation sites (N-methyl/N-ethyl adjacent to an activating group) is 1. The molecule has 0 aliphatic carbocycles. The fourth-order valence-electron chi connectivity index (χ4n) is 3.45. The van der Waals surface area contributed by atoms with Crippen molar-refractivity contribution in [2.24, 2.45) is 7.05 Å². The van der Waals surface area contributed by atoms with Crippen LogP contribution in [0, 0.1) is 0 Å². The second-order valence-electron chi connectivity index (χ2n) is 6.03. The summed E-state index contributed by atoms with van der Waals surface area (Å²) in [6, 6.07) is 15.6. The zero-order chi connectivity index (χ0) is 14.4. The molecule has 0 spiro atoms. The van der Waals surface area contributed by atoms with Gasteiger partial charge in [-0.25, -0.2) is 0 Å². The SMILES string of the molecule is CN1Cc2ccccc2C(c2ccc3cnn(C)c3c2)C1. The summed E-state index contributed by atoms with van der Waals surface area (Å²) in [5, 5.41) is 5.55. The number of hydrogen-bond acceptors (Lipinski definition) is 2. The zero-order valence-corrected chi connectivity index (χ0v) is 12.5. The highest BCUT2D eigenvalue weighted by molar-refractivity contribution is 5.79. The van der Waals surface area contributed by atoms with Gasteiger partial charge in [0.05, 0.1) is 11.7 Å². The summed E-state index contributed by atoms with van der Waals surface area (Å²) in [7, 11) is 4.21. The van der Waals surface area contributed by atoms with E-state index in [1.54, 1.807) is 0 Å². The minimum Gasteiger partial charge on any atom is -0.301 e. The van der Waals surface area contributed by atoms with Crippen molar-refractivity contribution in [2.75, 3.05) is 13.6 Å². The standard InChI is InChI=1S/C18H19N3/c1-20-11-15-5-3-4-6-16(15)17(12-20)13-7-8-14-10-19-21(2)18(14)9-13/h3-10,17H,11-12H2,1-2H3. The van der Waals surface area contributed by atoms with Crippen molar-refractivity contribution in [3.63, 3.8) is 0 Å². The first-order valence-electron chi connectivity index (χ1n) is 7.40. The van der Waals surface area contributed by atoms with Crippen molar-refractivity contribution in [1.29, 1.82) is 0 Å². The quantitative estimate of drug-likeness (QED) is 0.681. The lowest BCUT2D eigenvalue weighted by Crippen LogP contribution is -2.30. The number of aromatic nitrogens is 2. The predicted octanol–water partition coefficient (Wildman–Crippen LogP) is 3.15. The molecule has 1 aliphatic rings. The summed E-state index contributed by atoms with van der Waals surface area (Å²) in [6.07, 6.45) is 1.93. The lowest BCUT2D eigenvalue weighted by Gasteiger charge is -2.32. The van der Waals surface area contributed by atoms with Crippen LogP contribution in [0.15, 0.2) is 48.7 Å². The molecule has 4 rings (SSSR count). The fourth-order valence-corrected chi connectivity index (χ4v) is 3.45. The van der Waals surface area contributed by atoms with E-state index in [1.165, 1.54) is 27.6 Å². The van der Waals surface area contributed by atoms with Crippen LogP contribution in [0.4, 0.5) is 0 Å². The lowest BCUT2D eigenvalue weighted by molar-refractivity contribution is 0.295. The Morgan fingerprint density at radius 3 is 2.86 bits per heavy atom. The minimum atomic E-state index is 0.444. The van der Waals surface area contributed by atoms with Gasteiger partial charge >= 0.3 is 0 Å². The molecule has 0 fully saturated rings. The van der Waals surface area contributed by atoms with Crippen LogP contribution in [-0.2, 0) is 13.6 Å². The highest BCUT2D eigenvalue weighted by atomic mass is 15.2. The molecule has 1 unspecified atom stereocenters. The highest BCUT2D eigenvalue weighted by Crippen LogP contribution is 2.33. The van der Waals surface area contributed by atoms with Crippen LogP contribution in [0.1, 0.15) is 22.6 Å². The van der Waals surface area contributed by atoms with E-state index in [9.17, 15) is 0 Å². The van der Waals surface area contributed by atoms with Crippen LogP contribution in [0.25, 0.3) is 10.9 Å². The number of rotatable bonds is 1. The Hall–Kier alpha value is -2.13. The van der Waals surface area contributed by atoms with E-state index in [1.807, 2.05) is 17.9 Å². The average molecular weight is 277 g/mol. The van der Waals surface area contributed by atoms with Crippen LogP contribution < -0.4 is 0 Å². The average Bonchev–Trinajstić information content (AvgIpc) is 2.87. The van der Waals surface area contributed by atoms with Gasteiger partial charge in [-0.2, -0.15) is 5.10 Å². The number of aryl methyl sites for hydroxylation is 1. The molecular formula is C18H19N3. The van der Waals surface area contributed by atoms with Gasteiger partial charge in [0.25, 0.3) is 0 Å². The molecule has 1 aliphatic heterocycles. The topological polar surface area (TPSA) is 21.1 Å². The normalized spacial score (nSPS) is 18.9. The minimum absolute atomic E-state index is 0.444. The van der Waals surface area contributed by atoms with Crippen molar-refractivity contribution < 1.29 is 0 Å². The van der Waals surface area contributed by atoms with E-state index in [4.69, 9.17) is 0 Å². The van der Waals surface area contributed by atoms with E-state index in [2.05, 4.69) is 59.5 Å². The van der Waals surface area contributed by atoms with E-state index in [0.717, 1.165) is 13.1 Å². The second-order valence-corrected chi connectivity index (χ2v) is 6.03. The first-order valence-corrected chi connectivity index (χ1v) is 7.40. The third-order valence-electron chi connectivity index (χ3n) is 4.54. The Labute approximate surface area is 124 Å². The summed E-state index contributed by atoms with van der Waals surface area (Å²) in [5.41, 5.74) is 5.50. The highest BCUT2D eigenvalue weighted by Gasteiger charge is 2.24. The molecule has 2 aromatic carbocycles. The first kappa shape index (κ1) is 12.6. The molecule has 3 nitrogen and oxygen atoms in total. The summed E-state index contributed by atoms with van der Waals surface area (Å²) < 4.78 is 1.96. The Bertz CT molecular complexity index is 803. The van der Waals surface area contributed by atoms with Gasteiger partial charge < -0.3 is 4.90 Å². The van der Waals surface area contributed by atoms with Crippen molar-refractivity contribution in [1.82, 2.24) is 14.7 Å². The van der Waals surface area contributed by atoms with Gasteiger partial charge in [-0.3, -0.25) is 4.68 Å². The van der Waals surface area contributed by atoms with Gasteiger partial charge in [0.15, 0.2) is 0 Å². The first-order chi connectivity index (χ1) is 10.2. The molecule has 2 heterocycles. The fraction of sp³-hybridized carbons (Fsp3) is 0.278. The molecule has 0 bridgehead atoms. The van der Waals surface area contributed by atoms with Crippen molar-refractivity contribution in [2.45, 2.75) is 12.5 Å². The largest absolute Gasteiger partial charge is 0.301 e. The van der Waals surface area contributed by atoms with Crippen LogP contribution >= 0.6 is 0 Å². The Kier molecular flexibility index (Phi) is 2.82. The molecule has 0 saturated heterocycles.